The standard InChI is InChI=1S/C43H76O6/c1-4-7-10-13-15-17-19-21-22-24-25-27-30-33-36-42(45)48-39-40(38-47-41(44)35-32-29-12-9-6-3)49-43(46)37-34-31-28-26-23-20-18-16-14-11-8-5-2/h13,15-16,18-19,21,40H,4-12,14,17,20,22-39H2,1-3H3/b15-13-,18-16-,21-19-. The molecule has 6 nitrogen and oxygen atoms in total. The minimum absolute atomic E-state index is 0.0810. The van der Waals surface area contributed by atoms with Gasteiger partial charge >= 0.3 is 17.9 Å². The highest BCUT2D eigenvalue weighted by Crippen LogP contribution is 2.12. The summed E-state index contributed by atoms with van der Waals surface area (Å²) in [5, 5.41) is 0. The van der Waals surface area contributed by atoms with Gasteiger partial charge < -0.3 is 14.2 Å². The van der Waals surface area contributed by atoms with E-state index in [1.165, 1.54) is 64.2 Å². The van der Waals surface area contributed by atoms with Crippen molar-refractivity contribution in [2.45, 2.75) is 207 Å². The Morgan fingerprint density at radius 3 is 1.24 bits per heavy atom. The quantitative estimate of drug-likeness (QED) is 0.0282. The van der Waals surface area contributed by atoms with Crippen molar-refractivity contribution in [3.63, 3.8) is 0 Å². The Balaban J connectivity index is 4.30. The number of unbranched alkanes of at least 4 members (excludes halogenated alkanes) is 19. The normalized spacial score (nSPS) is 12.3. The average molecular weight is 689 g/mol. The predicted octanol–water partition coefficient (Wildman–Crippen LogP) is 12.6. The van der Waals surface area contributed by atoms with E-state index in [1.807, 2.05) is 0 Å². The minimum atomic E-state index is -0.774. The van der Waals surface area contributed by atoms with Gasteiger partial charge in [0, 0.05) is 19.3 Å². The van der Waals surface area contributed by atoms with Gasteiger partial charge in [0.1, 0.15) is 13.2 Å². The molecule has 1 atom stereocenters. The van der Waals surface area contributed by atoms with Gasteiger partial charge in [-0.1, -0.05) is 147 Å². The molecule has 0 saturated heterocycles. The van der Waals surface area contributed by atoms with E-state index in [9.17, 15) is 14.4 Å². The summed E-state index contributed by atoms with van der Waals surface area (Å²) in [6.45, 7) is 6.44. The molecular weight excluding hydrogens is 612 g/mol. The van der Waals surface area contributed by atoms with Crippen molar-refractivity contribution in [3.8, 4) is 0 Å². The average Bonchev–Trinajstić information content (AvgIpc) is 3.09. The molecule has 0 aromatic rings. The molecule has 0 rings (SSSR count). The SMILES string of the molecule is CCCC/C=C\C/C=C\CCCCCCCC(=O)OCC(COC(=O)CCCCCCC)OC(=O)CCCCCCC/C=C\CCCCC. The fraction of sp³-hybridized carbons (Fsp3) is 0.791. The van der Waals surface area contributed by atoms with E-state index in [1.54, 1.807) is 0 Å². The molecule has 1 unspecified atom stereocenters. The molecule has 0 amide bonds. The number of esters is 3. The molecule has 0 heterocycles. The van der Waals surface area contributed by atoms with E-state index in [0.29, 0.717) is 19.3 Å². The van der Waals surface area contributed by atoms with E-state index in [0.717, 1.165) is 96.3 Å². The summed E-state index contributed by atoms with van der Waals surface area (Å²) in [6.07, 6.45) is 41.5. The summed E-state index contributed by atoms with van der Waals surface area (Å²) >= 11 is 0. The van der Waals surface area contributed by atoms with Crippen LogP contribution in [0.25, 0.3) is 0 Å². The molecule has 6 heteroatoms. The Morgan fingerprint density at radius 1 is 0.408 bits per heavy atom. The van der Waals surface area contributed by atoms with Crippen LogP contribution in [0.3, 0.4) is 0 Å². The molecule has 0 aliphatic heterocycles. The van der Waals surface area contributed by atoms with Crippen LogP contribution in [0.1, 0.15) is 201 Å². The van der Waals surface area contributed by atoms with Gasteiger partial charge in [-0.25, -0.2) is 0 Å². The monoisotopic (exact) mass is 689 g/mol. The topological polar surface area (TPSA) is 78.9 Å². The molecule has 284 valence electrons. The van der Waals surface area contributed by atoms with Crippen molar-refractivity contribution in [2.24, 2.45) is 0 Å². The highest BCUT2D eigenvalue weighted by molar-refractivity contribution is 5.71. The Hall–Kier alpha value is -2.37. The number of carbonyl (C=O) groups is 3. The summed E-state index contributed by atoms with van der Waals surface area (Å²) in [4.78, 5) is 37.3. The zero-order chi connectivity index (χ0) is 35.9. The lowest BCUT2D eigenvalue weighted by molar-refractivity contribution is -0.167. The van der Waals surface area contributed by atoms with Crippen LogP contribution < -0.4 is 0 Å². The van der Waals surface area contributed by atoms with Crippen LogP contribution in [0.15, 0.2) is 36.5 Å². The highest BCUT2D eigenvalue weighted by atomic mass is 16.6. The number of rotatable bonds is 36. The van der Waals surface area contributed by atoms with Crippen molar-refractivity contribution >= 4 is 17.9 Å². The molecule has 0 fully saturated rings. The van der Waals surface area contributed by atoms with Crippen LogP contribution in [-0.4, -0.2) is 37.2 Å². The fourth-order valence-corrected chi connectivity index (χ4v) is 5.45. The van der Waals surface area contributed by atoms with Crippen LogP contribution in [0.2, 0.25) is 0 Å². The third-order valence-corrected chi connectivity index (χ3v) is 8.62. The molecule has 0 spiro atoms. The van der Waals surface area contributed by atoms with Crippen molar-refractivity contribution in [2.75, 3.05) is 13.2 Å². The molecular formula is C43H76O6. The first kappa shape index (κ1) is 46.6. The van der Waals surface area contributed by atoms with Crippen LogP contribution >= 0.6 is 0 Å². The molecule has 0 radical (unpaired) electrons. The zero-order valence-corrected chi connectivity index (χ0v) is 32.2. The summed E-state index contributed by atoms with van der Waals surface area (Å²) in [7, 11) is 0. The summed E-state index contributed by atoms with van der Waals surface area (Å²) in [6, 6.07) is 0. The van der Waals surface area contributed by atoms with E-state index in [4.69, 9.17) is 14.2 Å². The maximum atomic E-state index is 12.6. The fourth-order valence-electron chi connectivity index (χ4n) is 5.45. The van der Waals surface area contributed by atoms with Gasteiger partial charge in [-0.3, -0.25) is 14.4 Å². The van der Waals surface area contributed by atoms with Crippen LogP contribution in [-0.2, 0) is 28.6 Å². The van der Waals surface area contributed by atoms with Gasteiger partial charge in [0.05, 0.1) is 0 Å². The van der Waals surface area contributed by atoms with Crippen LogP contribution in [0.5, 0.6) is 0 Å². The van der Waals surface area contributed by atoms with Crippen molar-refractivity contribution < 1.29 is 28.6 Å². The molecule has 0 N–H and O–H groups in total. The van der Waals surface area contributed by atoms with Gasteiger partial charge in [0.2, 0.25) is 0 Å². The smallest absolute Gasteiger partial charge is 0.306 e. The lowest BCUT2D eigenvalue weighted by atomic mass is 10.1. The van der Waals surface area contributed by atoms with Crippen LogP contribution in [0.4, 0.5) is 0 Å². The van der Waals surface area contributed by atoms with E-state index < -0.39 is 6.10 Å². The first-order chi connectivity index (χ1) is 24.0. The number of hydrogen-bond acceptors (Lipinski definition) is 6. The van der Waals surface area contributed by atoms with Crippen molar-refractivity contribution in [3.05, 3.63) is 36.5 Å². The molecule has 0 aromatic heterocycles. The van der Waals surface area contributed by atoms with Gasteiger partial charge in [-0.2, -0.15) is 0 Å². The summed E-state index contributed by atoms with van der Waals surface area (Å²) in [5.74, 6) is -0.923. The Kier molecular flexibility index (Phi) is 36.6. The van der Waals surface area contributed by atoms with Gasteiger partial charge in [-0.05, 0) is 70.6 Å². The molecule has 0 saturated carbocycles. The van der Waals surface area contributed by atoms with Gasteiger partial charge in [0.15, 0.2) is 6.10 Å². The second-order valence-corrected chi connectivity index (χ2v) is 13.5. The van der Waals surface area contributed by atoms with E-state index in [-0.39, 0.29) is 31.1 Å². The Labute approximate surface area is 302 Å². The third kappa shape index (κ3) is 36.7. The number of carbonyl (C=O) groups excluding carboxylic acids is 3. The largest absolute Gasteiger partial charge is 0.462 e. The second-order valence-electron chi connectivity index (χ2n) is 13.5. The second kappa shape index (κ2) is 38.4. The Bertz CT molecular complexity index is 845. The molecule has 0 aliphatic rings. The maximum absolute atomic E-state index is 12.6. The lowest BCUT2D eigenvalue weighted by Crippen LogP contribution is -2.30. The van der Waals surface area contributed by atoms with E-state index in [2.05, 4.69) is 57.2 Å². The predicted molar refractivity (Wildman–Crippen MR) is 206 cm³/mol. The Morgan fingerprint density at radius 2 is 0.755 bits per heavy atom. The van der Waals surface area contributed by atoms with Crippen molar-refractivity contribution in [1.29, 1.82) is 0 Å². The lowest BCUT2D eigenvalue weighted by Gasteiger charge is -2.18. The van der Waals surface area contributed by atoms with Gasteiger partial charge in [-0.15, -0.1) is 0 Å². The zero-order valence-electron chi connectivity index (χ0n) is 32.2. The first-order valence-corrected chi connectivity index (χ1v) is 20.5. The molecule has 0 aliphatic carbocycles. The summed E-state index contributed by atoms with van der Waals surface area (Å²) in [5.41, 5.74) is 0. The number of allylic oxidation sites excluding steroid dienone is 6. The molecule has 49 heavy (non-hydrogen) atoms. The van der Waals surface area contributed by atoms with E-state index >= 15 is 0 Å². The minimum Gasteiger partial charge on any atom is -0.462 e. The highest BCUT2D eigenvalue weighted by Gasteiger charge is 2.19. The van der Waals surface area contributed by atoms with Crippen LogP contribution in [0, 0.1) is 0 Å². The molecule has 0 bridgehead atoms. The molecule has 0 aromatic carbocycles. The van der Waals surface area contributed by atoms with Crippen molar-refractivity contribution in [1.82, 2.24) is 0 Å². The summed E-state index contributed by atoms with van der Waals surface area (Å²) < 4.78 is 16.5. The first-order valence-electron chi connectivity index (χ1n) is 20.5. The van der Waals surface area contributed by atoms with Gasteiger partial charge in [0.25, 0.3) is 0 Å². The number of ether oxygens (including phenoxy) is 3. The third-order valence-electron chi connectivity index (χ3n) is 8.62. The maximum Gasteiger partial charge on any atom is 0.306 e. The number of hydrogen-bond donors (Lipinski definition) is 0.